The lowest BCUT2D eigenvalue weighted by atomic mass is 10.2. The number of aromatic nitrogens is 3. The highest BCUT2D eigenvalue weighted by molar-refractivity contribution is 5.88. The highest BCUT2D eigenvalue weighted by Crippen LogP contribution is 2.39. The molecule has 28 heavy (non-hydrogen) atoms. The molecule has 2 fully saturated rings. The topological polar surface area (TPSA) is 69.5 Å². The van der Waals surface area contributed by atoms with Gasteiger partial charge in [0.15, 0.2) is 5.69 Å². The van der Waals surface area contributed by atoms with Crippen LogP contribution in [0.1, 0.15) is 61.6 Å². The molecule has 0 aromatic carbocycles. The van der Waals surface area contributed by atoms with Gasteiger partial charge in [0, 0.05) is 25.2 Å². The summed E-state index contributed by atoms with van der Waals surface area (Å²) in [6.07, 6.45) is 10.1. The molecule has 1 aliphatic carbocycles. The number of hydrogen-bond donors (Lipinski definition) is 0. The summed E-state index contributed by atoms with van der Waals surface area (Å²) in [5.74, 6) is 0.201. The quantitative estimate of drug-likeness (QED) is 0.539. The van der Waals surface area contributed by atoms with Crippen molar-refractivity contribution in [2.24, 2.45) is 0 Å². The zero-order chi connectivity index (χ0) is 19.5. The lowest BCUT2D eigenvalue weighted by Gasteiger charge is -2.34. The van der Waals surface area contributed by atoms with Gasteiger partial charge in [-0.3, -0.25) is 0 Å². The third kappa shape index (κ3) is 4.19. The molecular formula is C21H28N4O3. The first-order chi connectivity index (χ1) is 13.7. The van der Waals surface area contributed by atoms with Gasteiger partial charge in [0.05, 0.1) is 48.9 Å². The van der Waals surface area contributed by atoms with Gasteiger partial charge in [0.25, 0.3) is 0 Å². The molecule has 2 aromatic heterocycles. The molecule has 0 unspecified atom stereocenters. The second-order valence-electron chi connectivity index (χ2n) is 7.66. The zero-order valence-corrected chi connectivity index (χ0v) is 16.6. The molecule has 0 radical (unpaired) electrons. The summed E-state index contributed by atoms with van der Waals surface area (Å²) in [6.45, 7) is 6.83. The van der Waals surface area contributed by atoms with E-state index in [9.17, 15) is 4.79 Å². The summed E-state index contributed by atoms with van der Waals surface area (Å²) in [6, 6.07) is 1.82. The van der Waals surface area contributed by atoms with E-state index < -0.39 is 0 Å². The maximum absolute atomic E-state index is 12.4. The van der Waals surface area contributed by atoms with Gasteiger partial charge in [-0.25, -0.2) is 14.8 Å². The third-order valence-corrected chi connectivity index (χ3v) is 5.26. The van der Waals surface area contributed by atoms with Crippen LogP contribution in [0.2, 0.25) is 0 Å². The van der Waals surface area contributed by atoms with Crippen LogP contribution in [0.3, 0.4) is 0 Å². The van der Waals surface area contributed by atoms with Crippen molar-refractivity contribution in [1.82, 2.24) is 14.5 Å². The van der Waals surface area contributed by atoms with E-state index in [1.807, 2.05) is 17.0 Å². The fourth-order valence-corrected chi connectivity index (χ4v) is 3.48. The molecule has 4 rings (SSSR count). The summed E-state index contributed by atoms with van der Waals surface area (Å²) in [7, 11) is 0. The first-order valence-electron chi connectivity index (χ1n) is 10.2. The highest BCUT2D eigenvalue weighted by Gasteiger charge is 2.27. The standard InChI is InChI=1S/C21H28N4O3/c1-3-4-8-28-21(26)17-10-19(25-13-18(23-14-25)16-5-6-16)20(11-22-17)24-7-9-27-15(2)12-24/h10-11,13-16H,3-9,12H2,1-2H3/t15-/m0/s1. The van der Waals surface area contributed by atoms with E-state index in [1.165, 1.54) is 12.8 Å². The van der Waals surface area contributed by atoms with Gasteiger partial charge in [-0.15, -0.1) is 0 Å². The van der Waals surface area contributed by atoms with Crippen LogP contribution in [0.25, 0.3) is 5.69 Å². The van der Waals surface area contributed by atoms with Crippen molar-refractivity contribution in [3.8, 4) is 5.69 Å². The van der Waals surface area contributed by atoms with E-state index in [0.717, 1.165) is 43.0 Å². The Morgan fingerprint density at radius 2 is 2.18 bits per heavy atom. The molecule has 1 saturated heterocycles. The van der Waals surface area contributed by atoms with E-state index in [2.05, 4.69) is 34.9 Å². The number of hydrogen-bond acceptors (Lipinski definition) is 6. The number of unbranched alkanes of at least 4 members (excludes halogenated alkanes) is 1. The average molecular weight is 384 g/mol. The van der Waals surface area contributed by atoms with Crippen molar-refractivity contribution in [2.45, 2.75) is 51.6 Å². The number of carbonyl (C=O) groups is 1. The van der Waals surface area contributed by atoms with Gasteiger partial charge in [0.1, 0.15) is 0 Å². The summed E-state index contributed by atoms with van der Waals surface area (Å²) in [4.78, 5) is 23.7. The summed E-state index contributed by atoms with van der Waals surface area (Å²) < 4.78 is 13.0. The van der Waals surface area contributed by atoms with Crippen LogP contribution in [0.4, 0.5) is 5.69 Å². The number of imidazole rings is 1. The molecule has 0 N–H and O–H groups in total. The Labute approximate surface area is 165 Å². The lowest BCUT2D eigenvalue weighted by molar-refractivity contribution is 0.0491. The van der Waals surface area contributed by atoms with Crippen LogP contribution in [0, 0.1) is 0 Å². The molecule has 2 aliphatic rings. The molecule has 150 valence electrons. The van der Waals surface area contributed by atoms with E-state index >= 15 is 0 Å². The number of anilines is 1. The Morgan fingerprint density at radius 3 is 2.93 bits per heavy atom. The molecular weight excluding hydrogens is 356 g/mol. The SMILES string of the molecule is CCCCOC(=O)c1cc(-n2cnc(C3CC3)c2)c(N2CCO[C@@H](C)C2)cn1. The number of carbonyl (C=O) groups excluding carboxylic acids is 1. The van der Waals surface area contributed by atoms with Gasteiger partial charge in [-0.1, -0.05) is 13.3 Å². The minimum absolute atomic E-state index is 0.157. The van der Waals surface area contributed by atoms with Crippen LogP contribution >= 0.6 is 0 Å². The van der Waals surface area contributed by atoms with Crippen molar-refractivity contribution >= 4 is 11.7 Å². The minimum atomic E-state index is -0.376. The van der Waals surface area contributed by atoms with Gasteiger partial charge in [-0.2, -0.15) is 0 Å². The second-order valence-corrected chi connectivity index (χ2v) is 7.66. The van der Waals surface area contributed by atoms with Gasteiger partial charge < -0.3 is 18.9 Å². The zero-order valence-electron chi connectivity index (χ0n) is 16.6. The molecule has 0 bridgehead atoms. The molecule has 7 nitrogen and oxygen atoms in total. The van der Waals surface area contributed by atoms with Crippen molar-refractivity contribution < 1.29 is 14.3 Å². The van der Waals surface area contributed by atoms with E-state index in [0.29, 0.717) is 24.8 Å². The second kappa shape index (κ2) is 8.31. The van der Waals surface area contributed by atoms with Crippen LogP contribution in [-0.2, 0) is 9.47 Å². The molecule has 0 amide bonds. The first-order valence-corrected chi connectivity index (χ1v) is 10.2. The predicted octanol–water partition coefficient (Wildman–Crippen LogP) is 3.33. The Kier molecular flexibility index (Phi) is 5.62. The number of morpholine rings is 1. The fraction of sp³-hybridized carbons (Fsp3) is 0.571. The Morgan fingerprint density at radius 1 is 1.32 bits per heavy atom. The maximum Gasteiger partial charge on any atom is 0.356 e. The van der Waals surface area contributed by atoms with Gasteiger partial charge in [-0.05, 0) is 32.3 Å². The van der Waals surface area contributed by atoms with Crippen molar-refractivity contribution in [3.63, 3.8) is 0 Å². The molecule has 1 saturated carbocycles. The lowest BCUT2D eigenvalue weighted by Crippen LogP contribution is -2.41. The molecule has 2 aromatic rings. The number of pyridine rings is 1. The number of ether oxygens (including phenoxy) is 2. The highest BCUT2D eigenvalue weighted by atomic mass is 16.5. The summed E-state index contributed by atoms with van der Waals surface area (Å²) in [5, 5.41) is 0. The van der Waals surface area contributed by atoms with E-state index in [-0.39, 0.29) is 12.1 Å². The Balaban J connectivity index is 1.65. The van der Waals surface area contributed by atoms with Crippen molar-refractivity contribution in [1.29, 1.82) is 0 Å². The molecule has 7 heteroatoms. The van der Waals surface area contributed by atoms with Crippen LogP contribution < -0.4 is 4.90 Å². The Bertz CT molecular complexity index is 831. The van der Waals surface area contributed by atoms with Crippen molar-refractivity contribution in [2.75, 3.05) is 31.2 Å². The molecule has 3 heterocycles. The molecule has 1 aliphatic heterocycles. The normalized spacial score (nSPS) is 19.6. The minimum Gasteiger partial charge on any atom is -0.461 e. The maximum atomic E-state index is 12.4. The summed E-state index contributed by atoms with van der Waals surface area (Å²) in [5.41, 5.74) is 3.34. The molecule has 0 spiro atoms. The van der Waals surface area contributed by atoms with Gasteiger partial charge in [0.2, 0.25) is 0 Å². The van der Waals surface area contributed by atoms with Crippen LogP contribution in [0.15, 0.2) is 24.8 Å². The average Bonchev–Trinajstić information content (AvgIpc) is 3.44. The summed E-state index contributed by atoms with van der Waals surface area (Å²) >= 11 is 0. The predicted molar refractivity (Wildman–Crippen MR) is 106 cm³/mol. The number of nitrogens with zero attached hydrogens (tertiary/aromatic N) is 4. The van der Waals surface area contributed by atoms with Gasteiger partial charge >= 0.3 is 5.97 Å². The number of rotatable bonds is 7. The smallest absolute Gasteiger partial charge is 0.356 e. The Hall–Kier alpha value is -2.41. The van der Waals surface area contributed by atoms with E-state index in [4.69, 9.17) is 9.47 Å². The monoisotopic (exact) mass is 384 g/mol. The van der Waals surface area contributed by atoms with Crippen LogP contribution in [0.5, 0.6) is 0 Å². The fourth-order valence-electron chi connectivity index (χ4n) is 3.48. The largest absolute Gasteiger partial charge is 0.461 e. The first kappa shape index (κ1) is 18.9. The molecule has 1 atom stereocenters. The van der Waals surface area contributed by atoms with E-state index in [1.54, 1.807) is 6.20 Å². The third-order valence-electron chi connectivity index (χ3n) is 5.26. The van der Waals surface area contributed by atoms with Crippen LogP contribution in [-0.4, -0.2) is 52.9 Å². The number of esters is 1. The van der Waals surface area contributed by atoms with Crippen molar-refractivity contribution in [3.05, 3.63) is 36.2 Å².